The van der Waals surface area contributed by atoms with Crippen molar-refractivity contribution in [3.8, 4) is 0 Å². The van der Waals surface area contributed by atoms with Gasteiger partial charge >= 0.3 is 0 Å². The molecule has 0 aliphatic heterocycles. The molecule has 1 atom stereocenters. The molecule has 1 nitrogen and oxygen atoms in total. The Morgan fingerprint density at radius 3 is 2.50 bits per heavy atom. The van der Waals surface area contributed by atoms with Crippen molar-refractivity contribution in [1.29, 1.82) is 0 Å². The van der Waals surface area contributed by atoms with Crippen molar-refractivity contribution >= 4 is 27.3 Å². The standard InChI is InChI=1S/C11H16BrNS/c1-10(2)3-4-11(13,7-10)8-5-14-6-9(8)12/h5-6H,3-4,7,13H2,1-2H3. The van der Waals surface area contributed by atoms with Crippen LogP contribution in [0.1, 0.15) is 38.7 Å². The summed E-state index contributed by atoms with van der Waals surface area (Å²) in [5.41, 5.74) is 8.08. The van der Waals surface area contributed by atoms with E-state index in [4.69, 9.17) is 5.73 Å². The van der Waals surface area contributed by atoms with Gasteiger partial charge in [-0.15, -0.1) is 0 Å². The molecule has 3 heteroatoms. The minimum Gasteiger partial charge on any atom is -0.321 e. The second-order valence-corrected chi connectivity index (χ2v) is 6.73. The molecule has 1 aromatic heterocycles. The van der Waals surface area contributed by atoms with Crippen molar-refractivity contribution in [2.45, 2.75) is 38.6 Å². The molecular weight excluding hydrogens is 258 g/mol. The lowest BCUT2D eigenvalue weighted by atomic mass is 9.85. The summed E-state index contributed by atoms with van der Waals surface area (Å²) in [7, 11) is 0. The Kier molecular flexibility index (Phi) is 2.53. The number of hydrogen-bond acceptors (Lipinski definition) is 2. The Balaban J connectivity index is 2.32. The molecule has 1 aliphatic rings. The third-order valence-corrected chi connectivity index (χ3v) is 4.90. The van der Waals surface area contributed by atoms with Crippen molar-refractivity contribution in [2.75, 3.05) is 0 Å². The Bertz CT molecular complexity index is 345. The van der Waals surface area contributed by atoms with Gasteiger partial charge in [-0.05, 0) is 51.6 Å². The zero-order valence-corrected chi connectivity index (χ0v) is 11.0. The SMILES string of the molecule is CC1(C)CCC(N)(c2cscc2Br)C1. The van der Waals surface area contributed by atoms with Gasteiger partial charge in [0.25, 0.3) is 0 Å². The summed E-state index contributed by atoms with van der Waals surface area (Å²) in [6, 6.07) is 0. The van der Waals surface area contributed by atoms with Crippen molar-refractivity contribution in [3.05, 3.63) is 20.8 Å². The van der Waals surface area contributed by atoms with Gasteiger partial charge in [-0.1, -0.05) is 13.8 Å². The molecule has 0 saturated heterocycles. The average molecular weight is 274 g/mol. The second-order valence-electron chi connectivity index (χ2n) is 5.13. The fourth-order valence-electron chi connectivity index (χ4n) is 2.46. The van der Waals surface area contributed by atoms with E-state index in [0.717, 1.165) is 12.8 Å². The number of hydrogen-bond donors (Lipinski definition) is 1. The summed E-state index contributed by atoms with van der Waals surface area (Å²) < 4.78 is 1.18. The van der Waals surface area contributed by atoms with E-state index < -0.39 is 0 Å². The van der Waals surface area contributed by atoms with E-state index >= 15 is 0 Å². The van der Waals surface area contributed by atoms with E-state index in [0.29, 0.717) is 5.41 Å². The quantitative estimate of drug-likeness (QED) is 0.826. The highest BCUT2D eigenvalue weighted by Crippen LogP contribution is 2.49. The number of thiophene rings is 1. The summed E-state index contributed by atoms with van der Waals surface area (Å²) >= 11 is 5.30. The molecule has 1 unspecified atom stereocenters. The van der Waals surface area contributed by atoms with Crippen LogP contribution < -0.4 is 5.73 Å². The zero-order valence-electron chi connectivity index (χ0n) is 8.64. The number of rotatable bonds is 1. The van der Waals surface area contributed by atoms with Crippen LogP contribution in [-0.2, 0) is 5.54 Å². The van der Waals surface area contributed by atoms with Crippen LogP contribution in [-0.4, -0.2) is 0 Å². The van der Waals surface area contributed by atoms with E-state index in [1.54, 1.807) is 11.3 Å². The average Bonchev–Trinajstić information content (AvgIpc) is 2.57. The minimum absolute atomic E-state index is 0.0949. The highest BCUT2D eigenvalue weighted by molar-refractivity contribution is 9.10. The number of nitrogens with two attached hydrogens (primary N) is 1. The first kappa shape index (κ1) is 10.7. The molecule has 14 heavy (non-hydrogen) atoms. The molecule has 0 aromatic carbocycles. The van der Waals surface area contributed by atoms with Crippen LogP contribution in [0.15, 0.2) is 15.2 Å². The van der Waals surface area contributed by atoms with Crippen LogP contribution in [0.3, 0.4) is 0 Å². The highest BCUT2D eigenvalue weighted by atomic mass is 79.9. The predicted molar refractivity (Wildman–Crippen MR) is 65.5 cm³/mol. The summed E-state index contributed by atoms with van der Waals surface area (Å²) in [6.45, 7) is 4.61. The van der Waals surface area contributed by atoms with E-state index in [2.05, 4.69) is 40.5 Å². The molecular formula is C11H16BrNS. The van der Waals surface area contributed by atoms with Gasteiger partial charge in [-0.25, -0.2) is 0 Å². The monoisotopic (exact) mass is 273 g/mol. The smallest absolute Gasteiger partial charge is 0.0434 e. The van der Waals surface area contributed by atoms with Crippen molar-refractivity contribution < 1.29 is 0 Å². The predicted octanol–water partition coefficient (Wildman–Crippen LogP) is 3.87. The van der Waals surface area contributed by atoms with Crippen LogP contribution in [0.2, 0.25) is 0 Å². The van der Waals surface area contributed by atoms with Gasteiger partial charge in [0.15, 0.2) is 0 Å². The van der Waals surface area contributed by atoms with Gasteiger partial charge in [0.05, 0.1) is 0 Å². The van der Waals surface area contributed by atoms with Gasteiger partial charge in [0.1, 0.15) is 0 Å². The molecule has 1 fully saturated rings. The molecule has 2 rings (SSSR count). The van der Waals surface area contributed by atoms with Gasteiger partial charge in [0.2, 0.25) is 0 Å². The third kappa shape index (κ3) is 1.77. The lowest BCUT2D eigenvalue weighted by Gasteiger charge is -2.26. The first-order chi connectivity index (χ1) is 6.43. The van der Waals surface area contributed by atoms with E-state index in [1.165, 1.54) is 16.5 Å². The Morgan fingerprint density at radius 1 is 1.36 bits per heavy atom. The molecule has 1 heterocycles. The molecule has 1 aromatic rings. The molecule has 2 N–H and O–H groups in total. The first-order valence-corrected chi connectivity index (χ1v) is 6.68. The minimum atomic E-state index is -0.0949. The van der Waals surface area contributed by atoms with Crippen LogP contribution in [0.4, 0.5) is 0 Å². The van der Waals surface area contributed by atoms with E-state index in [1.807, 2.05) is 0 Å². The largest absolute Gasteiger partial charge is 0.321 e. The molecule has 0 radical (unpaired) electrons. The van der Waals surface area contributed by atoms with Crippen LogP contribution in [0.25, 0.3) is 0 Å². The van der Waals surface area contributed by atoms with Gasteiger partial charge < -0.3 is 5.73 Å². The Hall–Kier alpha value is 0.140. The maximum absolute atomic E-state index is 6.48. The maximum atomic E-state index is 6.48. The van der Waals surface area contributed by atoms with E-state index in [-0.39, 0.29) is 5.54 Å². The molecule has 0 bridgehead atoms. The van der Waals surface area contributed by atoms with Crippen molar-refractivity contribution in [1.82, 2.24) is 0 Å². The zero-order chi connectivity index (χ0) is 10.4. The summed E-state index contributed by atoms with van der Waals surface area (Å²) in [4.78, 5) is 0. The topological polar surface area (TPSA) is 26.0 Å². The molecule has 0 amide bonds. The van der Waals surface area contributed by atoms with Crippen molar-refractivity contribution in [2.24, 2.45) is 11.1 Å². The fourth-order valence-corrected chi connectivity index (χ4v) is 4.26. The maximum Gasteiger partial charge on any atom is 0.0434 e. The fraction of sp³-hybridized carbons (Fsp3) is 0.636. The van der Waals surface area contributed by atoms with Crippen LogP contribution >= 0.6 is 27.3 Å². The van der Waals surface area contributed by atoms with Gasteiger partial charge in [0, 0.05) is 15.4 Å². The first-order valence-electron chi connectivity index (χ1n) is 4.94. The van der Waals surface area contributed by atoms with Gasteiger partial charge in [-0.3, -0.25) is 0 Å². The summed E-state index contributed by atoms with van der Waals surface area (Å²) in [6.07, 6.45) is 3.43. The normalized spacial score (nSPS) is 30.9. The van der Waals surface area contributed by atoms with Crippen molar-refractivity contribution in [3.63, 3.8) is 0 Å². The molecule has 1 saturated carbocycles. The van der Waals surface area contributed by atoms with Gasteiger partial charge in [-0.2, -0.15) is 11.3 Å². The van der Waals surface area contributed by atoms with Crippen LogP contribution in [0.5, 0.6) is 0 Å². The summed E-state index contributed by atoms with van der Waals surface area (Å²) in [5.74, 6) is 0. The third-order valence-electron chi connectivity index (χ3n) is 3.19. The molecule has 0 spiro atoms. The number of halogens is 1. The van der Waals surface area contributed by atoms with Crippen LogP contribution in [0, 0.1) is 5.41 Å². The lowest BCUT2D eigenvalue weighted by molar-refractivity contribution is 0.339. The van der Waals surface area contributed by atoms with E-state index in [9.17, 15) is 0 Å². The lowest BCUT2D eigenvalue weighted by Crippen LogP contribution is -2.34. The Morgan fingerprint density at radius 2 is 2.07 bits per heavy atom. The molecule has 78 valence electrons. The molecule has 1 aliphatic carbocycles. The highest BCUT2D eigenvalue weighted by Gasteiger charge is 2.42. The Labute approximate surface area is 97.8 Å². The second kappa shape index (κ2) is 3.32. The summed E-state index contributed by atoms with van der Waals surface area (Å²) in [5, 5.41) is 4.31.